The Bertz CT molecular complexity index is 959. The normalized spacial score (nSPS) is 10.8. The molecule has 0 atom stereocenters. The number of hydrogen-bond acceptors (Lipinski definition) is 3. The number of nitrogens with zero attached hydrogens (tertiary/aromatic N) is 1. The fourth-order valence-corrected chi connectivity index (χ4v) is 2.56. The van der Waals surface area contributed by atoms with Crippen molar-refractivity contribution < 1.29 is 18.4 Å². The van der Waals surface area contributed by atoms with Crippen molar-refractivity contribution in [2.75, 3.05) is 13.1 Å². The molecule has 1 heterocycles. The van der Waals surface area contributed by atoms with Gasteiger partial charge >= 0.3 is 0 Å². The number of carbonyl (C=O) groups is 2. The van der Waals surface area contributed by atoms with E-state index < -0.39 is 24.8 Å². The van der Waals surface area contributed by atoms with Gasteiger partial charge in [-0.3, -0.25) is 14.6 Å². The minimum absolute atomic E-state index is 0.359. The molecule has 0 aliphatic heterocycles. The minimum Gasteiger partial charge on any atom is -0.349 e. The van der Waals surface area contributed by atoms with Gasteiger partial charge in [0.2, 0.25) is 5.91 Å². The first-order valence-electron chi connectivity index (χ1n) is 8.31. The number of alkyl halides is 2. The van der Waals surface area contributed by atoms with Crippen molar-refractivity contribution in [3.05, 3.63) is 66.4 Å². The summed E-state index contributed by atoms with van der Waals surface area (Å²) < 4.78 is 24.0. The molecule has 7 heteroatoms. The summed E-state index contributed by atoms with van der Waals surface area (Å²) in [5.41, 5.74) is 3.10. The lowest BCUT2D eigenvalue weighted by atomic mass is 10.0. The zero-order chi connectivity index (χ0) is 19.2. The highest BCUT2D eigenvalue weighted by atomic mass is 19.3. The van der Waals surface area contributed by atoms with Crippen molar-refractivity contribution in [2.24, 2.45) is 0 Å². The summed E-state index contributed by atoms with van der Waals surface area (Å²) in [6.07, 6.45) is -0.855. The first kappa shape index (κ1) is 18.4. The molecule has 0 bridgehead atoms. The standard InChI is InChI=1S/C20H17F2N3O2/c21-18(22)11-24-19(26)12-25-20(27)14-7-5-13(6-8-14)16-9-15-3-1-2-4-17(15)23-10-16/h1-10,18H,11-12H2,(H,24,26)(H,25,27). The summed E-state index contributed by atoms with van der Waals surface area (Å²) in [6.45, 7) is -1.09. The lowest BCUT2D eigenvalue weighted by Crippen LogP contribution is -2.38. The Balaban J connectivity index is 1.63. The molecule has 0 unspecified atom stereocenters. The topological polar surface area (TPSA) is 71.1 Å². The number of benzene rings is 2. The Morgan fingerprint density at radius 1 is 0.963 bits per heavy atom. The summed E-state index contributed by atoms with van der Waals surface area (Å²) >= 11 is 0. The predicted octanol–water partition coefficient (Wildman–Crippen LogP) is 3.01. The summed E-state index contributed by atoms with van der Waals surface area (Å²) in [5, 5.41) is 5.44. The van der Waals surface area contributed by atoms with Gasteiger partial charge in [-0.15, -0.1) is 0 Å². The van der Waals surface area contributed by atoms with E-state index in [0.29, 0.717) is 5.56 Å². The van der Waals surface area contributed by atoms with Crippen LogP contribution in [0.5, 0.6) is 0 Å². The molecule has 3 aromatic rings. The van der Waals surface area contributed by atoms with E-state index >= 15 is 0 Å². The molecular formula is C20H17F2N3O2. The molecule has 2 amide bonds. The zero-order valence-electron chi connectivity index (χ0n) is 14.3. The predicted molar refractivity (Wildman–Crippen MR) is 98.5 cm³/mol. The van der Waals surface area contributed by atoms with Gasteiger partial charge in [0.1, 0.15) is 0 Å². The first-order chi connectivity index (χ1) is 13.0. The number of fused-ring (bicyclic) bond motifs is 1. The Labute approximate surface area is 154 Å². The maximum absolute atomic E-state index is 12.1. The van der Waals surface area contributed by atoms with Gasteiger partial charge < -0.3 is 10.6 Å². The van der Waals surface area contributed by atoms with Crippen LogP contribution in [0, 0.1) is 0 Å². The molecular weight excluding hydrogens is 352 g/mol. The van der Waals surface area contributed by atoms with Crippen molar-refractivity contribution in [1.29, 1.82) is 0 Å². The third-order valence-corrected chi connectivity index (χ3v) is 3.93. The summed E-state index contributed by atoms with van der Waals surface area (Å²) in [5.74, 6) is -1.12. The van der Waals surface area contributed by atoms with E-state index in [1.54, 1.807) is 30.5 Å². The zero-order valence-corrected chi connectivity index (χ0v) is 14.3. The Hall–Kier alpha value is -3.35. The number of nitrogens with one attached hydrogen (secondary N) is 2. The second-order valence-corrected chi connectivity index (χ2v) is 5.87. The van der Waals surface area contributed by atoms with Gasteiger partial charge in [0.05, 0.1) is 18.6 Å². The highest BCUT2D eigenvalue weighted by Gasteiger charge is 2.10. The van der Waals surface area contributed by atoms with Gasteiger partial charge in [-0.25, -0.2) is 8.78 Å². The molecule has 0 aliphatic carbocycles. The van der Waals surface area contributed by atoms with Gasteiger partial charge in [0.25, 0.3) is 12.3 Å². The largest absolute Gasteiger partial charge is 0.349 e. The third-order valence-electron chi connectivity index (χ3n) is 3.93. The quantitative estimate of drug-likeness (QED) is 0.702. The number of amides is 2. The molecule has 0 fully saturated rings. The molecule has 138 valence electrons. The highest BCUT2D eigenvalue weighted by molar-refractivity contribution is 5.97. The Morgan fingerprint density at radius 3 is 2.44 bits per heavy atom. The van der Waals surface area contributed by atoms with Crippen molar-refractivity contribution in [2.45, 2.75) is 6.43 Å². The SMILES string of the molecule is O=C(CNC(=O)c1ccc(-c2cnc3ccccc3c2)cc1)NCC(F)F. The van der Waals surface area contributed by atoms with Gasteiger partial charge in [-0.05, 0) is 29.8 Å². The smallest absolute Gasteiger partial charge is 0.255 e. The van der Waals surface area contributed by atoms with Crippen LogP contribution in [0.25, 0.3) is 22.0 Å². The van der Waals surface area contributed by atoms with Crippen LogP contribution >= 0.6 is 0 Å². The van der Waals surface area contributed by atoms with Gasteiger partial charge in [0, 0.05) is 22.7 Å². The molecule has 27 heavy (non-hydrogen) atoms. The van der Waals surface area contributed by atoms with Crippen LogP contribution in [0.4, 0.5) is 8.78 Å². The van der Waals surface area contributed by atoms with Crippen molar-refractivity contribution in [1.82, 2.24) is 15.6 Å². The average Bonchev–Trinajstić information content (AvgIpc) is 2.70. The number of hydrogen-bond donors (Lipinski definition) is 2. The summed E-state index contributed by atoms with van der Waals surface area (Å²) in [7, 11) is 0. The number of carbonyl (C=O) groups excluding carboxylic acids is 2. The summed E-state index contributed by atoms with van der Waals surface area (Å²) in [6, 6.07) is 16.7. The van der Waals surface area contributed by atoms with Gasteiger partial charge in [0.15, 0.2) is 0 Å². The fraction of sp³-hybridized carbons (Fsp3) is 0.150. The molecule has 1 aromatic heterocycles. The van der Waals surface area contributed by atoms with Crippen LogP contribution in [0.2, 0.25) is 0 Å². The monoisotopic (exact) mass is 369 g/mol. The van der Waals surface area contributed by atoms with Crippen LogP contribution in [0.1, 0.15) is 10.4 Å². The number of pyridine rings is 1. The molecule has 0 saturated carbocycles. The molecule has 3 rings (SSSR count). The van der Waals surface area contributed by atoms with E-state index in [4.69, 9.17) is 0 Å². The number of rotatable bonds is 6. The van der Waals surface area contributed by atoms with Crippen LogP contribution in [-0.4, -0.2) is 36.3 Å². The second kappa shape index (κ2) is 8.35. The van der Waals surface area contributed by atoms with E-state index in [-0.39, 0.29) is 6.54 Å². The van der Waals surface area contributed by atoms with Crippen LogP contribution in [0.15, 0.2) is 60.8 Å². The van der Waals surface area contributed by atoms with E-state index in [1.165, 1.54) is 0 Å². The molecule has 0 saturated heterocycles. The first-order valence-corrected chi connectivity index (χ1v) is 8.31. The van der Waals surface area contributed by atoms with Gasteiger partial charge in [-0.2, -0.15) is 0 Å². The average molecular weight is 369 g/mol. The third kappa shape index (κ3) is 4.84. The van der Waals surface area contributed by atoms with Crippen LogP contribution in [0.3, 0.4) is 0 Å². The Morgan fingerprint density at radius 2 is 1.70 bits per heavy atom. The van der Waals surface area contributed by atoms with E-state index in [2.05, 4.69) is 10.3 Å². The number of halogens is 2. The number of aromatic nitrogens is 1. The minimum atomic E-state index is -2.62. The molecule has 0 radical (unpaired) electrons. The lowest BCUT2D eigenvalue weighted by Gasteiger charge is -2.08. The Kier molecular flexibility index (Phi) is 5.71. The molecule has 2 N–H and O–H groups in total. The molecule has 0 spiro atoms. The lowest BCUT2D eigenvalue weighted by molar-refractivity contribution is -0.120. The van der Waals surface area contributed by atoms with E-state index in [1.807, 2.05) is 35.6 Å². The molecule has 2 aromatic carbocycles. The summed E-state index contributed by atoms with van der Waals surface area (Å²) in [4.78, 5) is 27.8. The molecule has 0 aliphatic rings. The van der Waals surface area contributed by atoms with E-state index in [9.17, 15) is 18.4 Å². The fourth-order valence-electron chi connectivity index (χ4n) is 2.56. The number of para-hydroxylation sites is 1. The maximum atomic E-state index is 12.1. The van der Waals surface area contributed by atoms with Gasteiger partial charge in [-0.1, -0.05) is 30.3 Å². The van der Waals surface area contributed by atoms with Crippen molar-refractivity contribution >= 4 is 22.7 Å². The van der Waals surface area contributed by atoms with Crippen molar-refractivity contribution in [3.8, 4) is 11.1 Å². The maximum Gasteiger partial charge on any atom is 0.255 e. The highest BCUT2D eigenvalue weighted by Crippen LogP contribution is 2.23. The second-order valence-electron chi connectivity index (χ2n) is 5.87. The van der Waals surface area contributed by atoms with Crippen molar-refractivity contribution in [3.63, 3.8) is 0 Å². The van der Waals surface area contributed by atoms with E-state index in [0.717, 1.165) is 22.0 Å². The van der Waals surface area contributed by atoms with Crippen LogP contribution < -0.4 is 10.6 Å². The van der Waals surface area contributed by atoms with Crippen LogP contribution in [-0.2, 0) is 4.79 Å². The molecule has 5 nitrogen and oxygen atoms in total.